The van der Waals surface area contributed by atoms with E-state index < -0.39 is 0 Å². The maximum Gasteiger partial charge on any atom is 0.250 e. The van der Waals surface area contributed by atoms with Gasteiger partial charge in [0, 0.05) is 12.4 Å². The van der Waals surface area contributed by atoms with E-state index in [1.54, 1.807) is 30.1 Å². The smallest absolute Gasteiger partial charge is 0.250 e. The van der Waals surface area contributed by atoms with Crippen LogP contribution in [0.1, 0.15) is 19.9 Å². The number of carbonyl (C=O) groups is 1. The first-order valence-electron chi connectivity index (χ1n) is 7.00. The molecule has 22 heavy (non-hydrogen) atoms. The Balaban J connectivity index is 1.77. The number of nitrogens with one attached hydrogen (secondary N) is 1. The Labute approximate surface area is 131 Å². The number of hydrogen-bond donors (Lipinski definition) is 1. The molecule has 0 fully saturated rings. The van der Waals surface area contributed by atoms with Crippen LogP contribution in [-0.2, 0) is 4.79 Å². The molecule has 0 radical (unpaired) electrons. The highest BCUT2D eigenvalue weighted by Crippen LogP contribution is 2.29. The van der Waals surface area contributed by atoms with Crippen LogP contribution < -0.4 is 10.1 Å². The fourth-order valence-corrected chi connectivity index (χ4v) is 2.95. The highest BCUT2D eigenvalue weighted by atomic mass is 32.1. The minimum atomic E-state index is -0.388. The molecule has 1 amide bonds. The predicted molar refractivity (Wildman–Crippen MR) is 86.4 cm³/mol. The molecule has 1 N–H and O–H groups in total. The van der Waals surface area contributed by atoms with E-state index in [2.05, 4.69) is 15.4 Å². The van der Waals surface area contributed by atoms with Gasteiger partial charge in [0.25, 0.3) is 5.91 Å². The van der Waals surface area contributed by atoms with Gasteiger partial charge in [-0.05, 0) is 38.1 Å². The highest BCUT2D eigenvalue weighted by Gasteiger charge is 2.17. The number of thiazole rings is 1. The lowest BCUT2D eigenvalue weighted by Gasteiger charge is -2.10. The molecule has 0 aliphatic rings. The number of hydrogen-bond acceptors (Lipinski definition) is 5. The Bertz CT molecular complexity index is 782. The van der Waals surface area contributed by atoms with E-state index in [4.69, 9.17) is 4.74 Å². The maximum atomic E-state index is 12.2. The van der Waals surface area contributed by atoms with Gasteiger partial charge < -0.3 is 10.1 Å². The summed E-state index contributed by atoms with van der Waals surface area (Å²) in [5, 5.41) is 7.49. The highest BCUT2D eigenvalue weighted by molar-refractivity contribution is 7.22. The Morgan fingerprint density at radius 3 is 3.09 bits per heavy atom. The van der Waals surface area contributed by atoms with E-state index in [9.17, 15) is 4.79 Å². The van der Waals surface area contributed by atoms with E-state index in [0.717, 1.165) is 16.0 Å². The van der Waals surface area contributed by atoms with E-state index in [-0.39, 0.29) is 11.9 Å². The normalized spacial score (nSPS) is 12.3. The first-order chi connectivity index (χ1) is 10.7. The minimum Gasteiger partial charge on any atom is -0.494 e. The van der Waals surface area contributed by atoms with Gasteiger partial charge in [-0.3, -0.25) is 9.48 Å². The van der Waals surface area contributed by atoms with E-state index in [0.29, 0.717) is 11.7 Å². The zero-order chi connectivity index (χ0) is 15.5. The molecular formula is C15H16N4O2S. The summed E-state index contributed by atoms with van der Waals surface area (Å²) in [7, 11) is 0. The summed E-state index contributed by atoms with van der Waals surface area (Å²) in [6, 6.07) is 7.10. The van der Waals surface area contributed by atoms with E-state index >= 15 is 0 Å². The van der Waals surface area contributed by atoms with Crippen molar-refractivity contribution in [2.45, 2.75) is 19.9 Å². The Morgan fingerprint density at radius 2 is 2.36 bits per heavy atom. The van der Waals surface area contributed by atoms with Gasteiger partial charge in [-0.25, -0.2) is 4.98 Å². The van der Waals surface area contributed by atoms with Crippen LogP contribution in [0.4, 0.5) is 5.13 Å². The number of aromatic nitrogens is 3. The molecule has 0 saturated carbocycles. The standard InChI is InChI=1S/C15H16N4O2S/c1-3-21-11-5-6-12-13(9-11)22-15(17-12)18-14(20)10(2)19-8-4-7-16-19/h4-10H,3H2,1-2H3,(H,17,18,20)/t10-/m1/s1. The molecule has 0 bridgehead atoms. The summed E-state index contributed by atoms with van der Waals surface area (Å²) in [4.78, 5) is 16.6. The zero-order valence-corrected chi connectivity index (χ0v) is 13.1. The van der Waals surface area contributed by atoms with Gasteiger partial charge >= 0.3 is 0 Å². The van der Waals surface area contributed by atoms with Crippen LogP contribution in [0, 0.1) is 0 Å². The SMILES string of the molecule is CCOc1ccc2nc(NC(=O)[C@@H](C)n3cccn3)sc2c1. The molecule has 114 valence electrons. The second kappa shape index (κ2) is 6.15. The molecule has 7 heteroatoms. The topological polar surface area (TPSA) is 69.0 Å². The van der Waals surface area contributed by atoms with Gasteiger partial charge in [0.05, 0.1) is 16.8 Å². The maximum absolute atomic E-state index is 12.2. The van der Waals surface area contributed by atoms with Crippen LogP contribution in [0.2, 0.25) is 0 Å². The molecule has 0 spiro atoms. The largest absolute Gasteiger partial charge is 0.494 e. The molecule has 0 unspecified atom stereocenters. The summed E-state index contributed by atoms with van der Waals surface area (Å²) >= 11 is 1.43. The Kier molecular flexibility index (Phi) is 4.06. The monoisotopic (exact) mass is 316 g/mol. The third kappa shape index (κ3) is 2.94. The lowest BCUT2D eigenvalue weighted by Crippen LogP contribution is -2.23. The lowest BCUT2D eigenvalue weighted by molar-refractivity contribution is -0.119. The molecule has 2 heterocycles. The predicted octanol–water partition coefficient (Wildman–Crippen LogP) is 3.09. The average molecular weight is 316 g/mol. The summed E-state index contributed by atoms with van der Waals surface area (Å²) in [6.45, 7) is 4.36. The van der Waals surface area contributed by atoms with Crippen molar-refractivity contribution in [1.29, 1.82) is 0 Å². The molecule has 0 aliphatic carbocycles. The van der Waals surface area contributed by atoms with Crippen molar-refractivity contribution < 1.29 is 9.53 Å². The lowest BCUT2D eigenvalue weighted by atomic mass is 10.3. The first-order valence-corrected chi connectivity index (χ1v) is 7.82. The van der Waals surface area contributed by atoms with Crippen LogP contribution in [0.25, 0.3) is 10.2 Å². The number of benzene rings is 1. The molecule has 1 aromatic carbocycles. The van der Waals surface area contributed by atoms with Crippen molar-refractivity contribution in [1.82, 2.24) is 14.8 Å². The van der Waals surface area contributed by atoms with Crippen molar-refractivity contribution in [3.8, 4) is 5.75 Å². The van der Waals surface area contributed by atoms with Gasteiger partial charge in [0.2, 0.25) is 0 Å². The number of rotatable bonds is 5. The van der Waals surface area contributed by atoms with Gasteiger partial charge in [-0.15, -0.1) is 0 Å². The summed E-state index contributed by atoms with van der Waals surface area (Å²) in [6.07, 6.45) is 3.41. The van der Waals surface area contributed by atoms with Crippen molar-refractivity contribution in [2.24, 2.45) is 0 Å². The molecule has 2 aromatic heterocycles. The van der Waals surface area contributed by atoms with Crippen LogP contribution >= 0.6 is 11.3 Å². The van der Waals surface area contributed by atoms with Crippen molar-refractivity contribution in [3.05, 3.63) is 36.7 Å². The van der Waals surface area contributed by atoms with Crippen molar-refractivity contribution in [2.75, 3.05) is 11.9 Å². The second-order valence-corrected chi connectivity index (χ2v) is 5.76. The number of amides is 1. The van der Waals surface area contributed by atoms with E-state index in [1.165, 1.54) is 11.3 Å². The van der Waals surface area contributed by atoms with Crippen molar-refractivity contribution in [3.63, 3.8) is 0 Å². The van der Waals surface area contributed by atoms with Gasteiger partial charge in [0.15, 0.2) is 5.13 Å². The van der Waals surface area contributed by atoms with Gasteiger partial charge in [0.1, 0.15) is 11.8 Å². The molecule has 3 aromatic rings. The van der Waals surface area contributed by atoms with Crippen LogP contribution in [0.3, 0.4) is 0 Å². The van der Waals surface area contributed by atoms with Gasteiger partial charge in [-0.1, -0.05) is 11.3 Å². The minimum absolute atomic E-state index is 0.146. The fraction of sp³-hybridized carbons (Fsp3) is 0.267. The Hall–Kier alpha value is -2.41. The molecule has 6 nitrogen and oxygen atoms in total. The van der Waals surface area contributed by atoms with Crippen LogP contribution in [0.5, 0.6) is 5.75 Å². The van der Waals surface area contributed by atoms with Crippen LogP contribution in [0.15, 0.2) is 36.7 Å². The number of carbonyl (C=O) groups excluding carboxylic acids is 1. The molecule has 0 aliphatic heterocycles. The van der Waals surface area contributed by atoms with Gasteiger partial charge in [-0.2, -0.15) is 5.10 Å². The number of anilines is 1. The average Bonchev–Trinajstić information content (AvgIpc) is 3.15. The van der Waals surface area contributed by atoms with E-state index in [1.807, 2.05) is 25.1 Å². The summed E-state index contributed by atoms with van der Waals surface area (Å²) in [5.74, 6) is 0.661. The molecule has 1 atom stereocenters. The number of fused-ring (bicyclic) bond motifs is 1. The third-order valence-corrected chi connectivity index (χ3v) is 4.14. The quantitative estimate of drug-likeness (QED) is 0.785. The fourth-order valence-electron chi connectivity index (χ4n) is 2.05. The summed E-state index contributed by atoms with van der Waals surface area (Å²) < 4.78 is 8.06. The van der Waals surface area contributed by atoms with Crippen molar-refractivity contribution >= 4 is 32.6 Å². The zero-order valence-electron chi connectivity index (χ0n) is 12.3. The third-order valence-electron chi connectivity index (χ3n) is 3.20. The first kappa shape index (κ1) is 14.5. The molecular weight excluding hydrogens is 300 g/mol. The Morgan fingerprint density at radius 1 is 1.50 bits per heavy atom. The number of ether oxygens (including phenoxy) is 1. The number of nitrogens with zero attached hydrogens (tertiary/aromatic N) is 3. The molecule has 0 saturated heterocycles. The summed E-state index contributed by atoms with van der Waals surface area (Å²) in [5.41, 5.74) is 0.843. The second-order valence-electron chi connectivity index (χ2n) is 4.73. The van der Waals surface area contributed by atoms with Crippen LogP contribution in [-0.4, -0.2) is 27.3 Å². The molecule has 3 rings (SSSR count).